The Hall–Kier alpha value is -1.79. The Balaban J connectivity index is 2.01. The van der Waals surface area contributed by atoms with Crippen LogP contribution in [-0.4, -0.2) is 30.7 Å². The predicted octanol–water partition coefficient (Wildman–Crippen LogP) is 2.12. The predicted molar refractivity (Wildman–Crippen MR) is 88.1 cm³/mol. The second-order valence-electron chi connectivity index (χ2n) is 5.69. The van der Waals surface area contributed by atoms with Gasteiger partial charge in [0.1, 0.15) is 0 Å². The maximum atomic E-state index is 12.3. The van der Waals surface area contributed by atoms with Crippen molar-refractivity contribution in [3.05, 3.63) is 34.9 Å². The maximum Gasteiger partial charge on any atom is 0.312 e. The van der Waals surface area contributed by atoms with Crippen LogP contribution in [0, 0.1) is 0 Å². The van der Waals surface area contributed by atoms with Crippen molar-refractivity contribution in [2.24, 2.45) is 5.73 Å². The van der Waals surface area contributed by atoms with Gasteiger partial charge in [0.25, 0.3) is 0 Å². The molecule has 126 valence electrons. The van der Waals surface area contributed by atoms with Gasteiger partial charge in [-0.15, -0.1) is 0 Å². The number of rotatable bonds is 6. The standard InChI is InChI=1S/C16H22ClN3O3/c1-10(14-7-4-8-23-14)19-15(21)9-13(20-16(18)22)11-5-2-3-6-12(11)17/h2-3,5-6,10,13-14H,4,7-9H2,1H3,(H,19,21)(H3,18,20,22)/t10-,13+,14-/m0/s1. The summed E-state index contributed by atoms with van der Waals surface area (Å²) in [5.41, 5.74) is 5.87. The third kappa shape index (κ3) is 5.11. The van der Waals surface area contributed by atoms with Crippen LogP contribution in [0.1, 0.15) is 37.8 Å². The van der Waals surface area contributed by atoms with Gasteiger partial charge in [0.2, 0.25) is 5.91 Å². The first kappa shape index (κ1) is 17.6. The van der Waals surface area contributed by atoms with E-state index in [0.717, 1.165) is 19.4 Å². The number of carbonyl (C=O) groups is 2. The van der Waals surface area contributed by atoms with Crippen LogP contribution < -0.4 is 16.4 Å². The zero-order valence-electron chi connectivity index (χ0n) is 13.0. The molecule has 7 heteroatoms. The van der Waals surface area contributed by atoms with Crippen LogP contribution >= 0.6 is 11.6 Å². The molecule has 1 aromatic carbocycles. The first-order chi connectivity index (χ1) is 11.0. The van der Waals surface area contributed by atoms with E-state index in [1.807, 2.05) is 6.92 Å². The summed E-state index contributed by atoms with van der Waals surface area (Å²) in [5.74, 6) is -0.188. The maximum absolute atomic E-state index is 12.3. The molecular formula is C16H22ClN3O3. The van der Waals surface area contributed by atoms with Gasteiger partial charge in [-0.3, -0.25) is 4.79 Å². The van der Waals surface area contributed by atoms with Gasteiger partial charge >= 0.3 is 6.03 Å². The Kier molecular flexibility index (Phi) is 6.24. The fraction of sp³-hybridized carbons (Fsp3) is 0.500. The van der Waals surface area contributed by atoms with Crippen LogP contribution in [0.25, 0.3) is 0 Å². The average Bonchev–Trinajstić information content (AvgIpc) is 3.00. The summed E-state index contributed by atoms with van der Waals surface area (Å²) in [4.78, 5) is 23.5. The van der Waals surface area contributed by atoms with Crippen molar-refractivity contribution >= 4 is 23.5 Å². The minimum absolute atomic E-state index is 0.0433. The molecule has 0 spiro atoms. The van der Waals surface area contributed by atoms with Crippen LogP contribution in [0.2, 0.25) is 5.02 Å². The molecule has 1 aliphatic heterocycles. The van der Waals surface area contributed by atoms with Gasteiger partial charge in [-0.05, 0) is 31.4 Å². The molecule has 0 unspecified atom stereocenters. The Morgan fingerprint density at radius 3 is 2.74 bits per heavy atom. The van der Waals surface area contributed by atoms with Crippen LogP contribution in [-0.2, 0) is 9.53 Å². The molecule has 0 aliphatic carbocycles. The van der Waals surface area contributed by atoms with Crippen LogP contribution in [0.5, 0.6) is 0 Å². The van der Waals surface area contributed by atoms with Crippen molar-refractivity contribution < 1.29 is 14.3 Å². The molecule has 0 aromatic heterocycles. The lowest BCUT2D eigenvalue weighted by molar-refractivity contribution is -0.123. The SMILES string of the molecule is C[C@H](NC(=O)C[C@@H](NC(N)=O)c1ccccc1Cl)[C@@H]1CCCO1. The van der Waals surface area contributed by atoms with E-state index < -0.39 is 12.1 Å². The van der Waals surface area contributed by atoms with Gasteiger partial charge in [0.15, 0.2) is 0 Å². The number of nitrogens with one attached hydrogen (secondary N) is 2. The number of primary amides is 1. The highest BCUT2D eigenvalue weighted by molar-refractivity contribution is 6.31. The third-order valence-electron chi connectivity index (χ3n) is 3.90. The number of nitrogens with two attached hydrogens (primary N) is 1. The third-order valence-corrected chi connectivity index (χ3v) is 4.24. The highest BCUT2D eigenvalue weighted by atomic mass is 35.5. The Morgan fingerprint density at radius 1 is 1.39 bits per heavy atom. The van der Waals surface area contributed by atoms with Crippen molar-refractivity contribution in [2.75, 3.05) is 6.61 Å². The smallest absolute Gasteiger partial charge is 0.312 e. The molecular weight excluding hydrogens is 318 g/mol. The lowest BCUT2D eigenvalue weighted by Crippen LogP contribution is -2.43. The van der Waals surface area contributed by atoms with Crippen molar-refractivity contribution in [2.45, 2.75) is 44.4 Å². The number of benzene rings is 1. The number of ether oxygens (including phenoxy) is 1. The Morgan fingerprint density at radius 2 is 2.13 bits per heavy atom. The first-order valence-corrected chi connectivity index (χ1v) is 8.06. The highest BCUT2D eigenvalue weighted by Crippen LogP contribution is 2.25. The molecule has 0 radical (unpaired) electrons. The fourth-order valence-corrected chi connectivity index (χ4v) is 3.02. The summed E-state index contributed by atoms with van der Waals surface area (Å²) in [6.45, 7) is 2.65. The summed E-state index contributed by atoms with van der Waals surface area (Å²) in [5, 5.41) is 5.97. The largest absolute Gasteiger partial charge is 0.376 e. The van der Waals surface area contributed by atoms with E-state index in [0.29, 0.717) is 10.6 Å². The first-order valence-electron chi connectivity index (χ1n) is 7.68. The van der Waals surface area contributed by atoms with E-state index in [1.165, 1.54) is 0 Å². The molecule has 3 atom stereocenters. The van der Waals surface area contributed by atoms with Crippen molar-refractivity contribution in [1.29, 1.82) is 0 Å². The van der Waals surface area contributed by atoms with Gasteiger partial charge in [-0.1, -0.05) is 29.8 Å². The number of halogens is 1. The monoisotopic (exact) mass is 339 g/mol. The minimum atomic E-state index is -0.699. The highest BCUT2D eigenvalue weighted by Gasteiger charge is 2.25. The molecule has 3 amide bonds. The molecule has 23 heavy (non-hydrogen) atoms. The number of hydrogen-bond donors (Lipinski definition) is 3. The van der Waals surface area contributed by atoms with E-state index >= 15 is 0 Å². The lowest BCUT2D eigenvalue weighted by Gasteiger charge is -2.23. The molecule has 4 N–H and O–H groups in total. The fourth-order valence-electron chi connectivity index (χ4n) is 2.76. The summed E-state index contributed by atoms with van der Waals surface area (Å²) in [6, 6.07) is 5.70. The normalized spacial score (nSPS) is 19.8. The number of urea groups is 1. The van der Waals surface area contributed by atoms with Gasteiger partial charge < -0.3 is 21.1 Å². The average molecular weight is 340 g/mol. The molecule has 0 saturated carbocycles. The summed E-state index contributed by atoms with van der Waals surface area (Å²) in [6.07, 6.45) is 2.05. The molecule has 1 heterocycles. The zero-order chi connectivity index (χ0) is 16.8. The van der Waals surface area contributed by atoms with E-state index in [9.17, 15) is 9.59 Å². The van der Waals surface area contributed by atoms with Crippen molar-refractivity contribution in [3.63, 3.8) is 0 Å². The Labute approximate surface area is 140 Å². The molecule has 1 fully saturated rings. The van der Waals surface area contributed by atoms with Gasteiger partial charge in [-0.25, -0.2) is 4.79 Å². The van der Waals surface area contributed by atoms with Gasteiger partial charge in [-0.2, -0.15) is 0 Å². The van der Waals surface area contributed by atoms with Crippen LogP contribution in [0.3, 0.4) is 0 Å². The molecule has 1 aliphatic rings. The van der Waals surface area contributed by atoms with Crippen molar-refractivity contribution in [3.8, 4) is 0 Å². The van der Waals surface area contributed by atoms with Crippen LogP contribution in [0.4, 0.5) is 4.79 Å². The minimum Gasteiger partial charge on any atom is -0.376 e. The molecule has 0 bridgehead atoms. The summed E-state index contributed by atoms with van der Waals surface area (Å²) < 4.78 is 5.56. The molecule has 6 nitrogen and oxygen atoms in total. The molecule has 2 rings (SSSR count). The lowest BCUT2D eigenvalue weighted by atomic mass is 10.0. The summed E-state index contributed by atoms with van der Waals surface area (Å²) >= 11 is 6.15. The second kappa shape index (κ2) is 8.17. The zero-order valence-corrected chi connectivity index (χ0v) is 13.8. The quantitative estimate of drug-likeness (QED) is 0.741. The van der Waals surface area contributed by atoms with E-state index in [4.69, 9.17) is 22.1 Å². The number of carbonyl (C=O) groups excluding carboxylic acids is 2. The number of amides is 3. The van der Waals surface area contributed by atoms with E-state index in [-0.39, 0.29) is 24.5 Å². The number of hydrogen-bond acceptors (Lipinski definition) is 3. The summed E-state index contributed by atoms with van der Waals surface area (Å²) in [7, 11) is 0. The van der Waals surface area contributed by atoms with Crippen molar-refractivity contribution in [1.82, 2.24) is 10.6 Å². The topological polar surface area (TPSA) is 93.5 Å². The van der Waals surface area contributed by atoms with Crippen LogP contribution in [0.15, 0.2) is 24.3 Å². The van der Waals surface area contributed by atoms with E-state index in [2.05, 4.69) is 10.6 Å². The molecule has 1 aromatic rings. The van der Waals surface area contributed by atoms with Gasteiger partial charge in [0, 0.05) is 11.6 Å². The van der Waals surface area contributed by atoms with Gasteiger partial charge in [0.05, 0.1) is 24.6 Å². The van der Waals surface area contributed by atoms with E-state index in [1.54, 1.807) is 24.3 Å². The molecule has 1 saturated heterocycles. The second-order valence-corrected chi connectivity index (χ2v) is 6.10. The Bertz CT molecular complexity index is 561.